The van der Waals surface area contributed by atoms with Gasteiger partial charge in [-0.3, -0.25) is 10.1 Å². The monoisotopic (exact) mass is 313 g/mol. The van der Waals surface area contributed by atoms with E-state index >= 15 is 0 Å². The molecule has 5 nitrogen and oxygen atoms in total. The van der Waals surface area contributed by atoms with Crippen LogP contribution in [0.5, 0.6) is 0 Å². The first kappa shape index (κ1) is 16.7. The number of nitro benzene ring substituents is 1. The first-order valence-electron chi connectivity index (χ1n) is 7.59. The van der Waals surface area contributed by atoms with Crippen LogP contribution >= 0.6 is 0 Å². The quantitative estimate of drug-likeness (QED) is 0.613. The maximum absolute atomic E-state index is 11.4. The molecule has 120 valence electrons. The van der Waals surface area contributed by atoms with Crippen LogP contribution in [-0.2, 0) is 12.8 Å². The molecule has 23 heavy (non-hydrogen) atoms. The van der Waals surface area contributed by atoms with Crippen LogP contribution in [0.3, 0.4) is 0 Å². The summed E-state index contributed by atoms with van der Waals surface area (Å²) < 4.78 is 0. The Kier molecular flexibility index (Phi) is 5.46. The molecule has 0 spiro atoms. The first-order chi connectivity index (χ1) is 11.0. The molecule has 0 aliphatic heterocycles. The highest BCUT2D eigenvalue weighted by Crippen LogP contribution is 2.20. The van der Waals surface area contributed by atoms with Crippen molar-refractivity contribution in [3.05, 3.63) is 74.8 Å². The van der Waals surface area contributed by atoms with E-state index < -0.39 is 10.9 Å². The van der Waals surface area contributed by atoms with Gasteiger partial charge in [0.1, 0.15) is 0 Å². The minimum Gasteiger partial charge on any atom is -0.478 e. The van der Waals surface area contributed by atoms with Gasteiger partial charge in [0, 0.05) is 12.1 Å². The molecule has 0 heterocycles. The molecule has 0 saturated carbocycles. The number of rotatable bonds is 7. The van der Waals surface area contributed by atoms with Crippen molar-refractivity contribution in [3.8, 4) is 0 Å². The zero-order valence-electron chi connectivity index (χ0n) is 13.0. The highest BCUT2D eigenvalue weighted by atomic mass is 16.6. The summed E-state index contributed by atoms with van der Waals surface area (Å²) in [7, 11) is 0. The van der Waals surface area contributed by atoms with Crippen LogP contribution in [0.15, 0.2) is 42.5 Å². The predicted molar refractivity (Wildman–Crippen MR) is 87.9 cm³/mol. The molecular formula is C18H19NO4. The molecule has 0 atom stereocenters. The van der Waals surface area contributed by atoms with Crippen LogP contribution in [0.1, 0.15) is 46.8 Å². The van der Waals surface area contributed by atoms with E-state index in [0.29, 0.717) is 6.42 Å². The van der Waals surface area contributed by atoms with Crippen molar-refractivity contribution in [2.75, 3.05) is 0 Å². The Labute approximate surface area is 134 Å². The van der Waals surface area contributed by atoms with Gasteiger partial charge in [-0.1, -0.05) is 37.6 Å². The average Bonchev–Trinajstić information content (AvgIpc) is 2.53. The summed E-state index contributed by atoms with van der Waals surface area (Å²) in [6.07, 6.45) is 3.50. The number of nitrogens with zero attached hydrogens (tertiary/aromatic N) is 1. The SMILES string of the molecule is CCCCc1ccc(C(=O)O)c(Cc2ccc([N+](=O)[O-])cc2)c1. The molecule has 0 fully saturated rings. The zero-order valence-corrected chi connectivity index (χ0v) is 13.0. The van der Waals surface area contributed by atoms with Crippen LogP contribution in [0, 0.1) is 10.1 Å². The van der Waals surface area contributed by atoms with E-state index in [4.69, 9.17) is 0 Å². The number of unbranched alkanes of at least 4 members (excludes halogenated alkanes) is 1. The second-order valence-corrected chi connectivity index (χ2v) is 5.50. The minimum atomic E-state index is -0.955. The minimum absolute atomic E-state index is 0.0314. The fraction of sp³-hybridized carbons (Fsp3) is 0.278. The van der Waals surface area contributed by atoms with Gasteiger partial charge in [0.05, 0.1) is 10.5 Å². The third kappa shape index (κ3) is 4.39. The van der Waals surface area contributed by atoms with Crippen LogP contribution in [0.4, 0.5) is 5.69 Å². The largest absolute Gasteiger partial charge is 0.478 e. The van der Waals surface area contributed by atoms with Crippen molar-refractivity contribution in [3.63, 3.8) is 0 Å². The van der Waals surface area contributed by atoms with E-state index in [1.165, 1.54) is 12.1 Å². The van der Waals surface area contributed by atoms with E-state index in [2.05, 4.69) is 6.92 Å². The smallest absolute Gasteiger partial charge is 0.335 e. The number of carboxylic acid groups (broad SMARTS) is 1. The molecule has 0 bridgehead atoms. The summed E-state index contributed by atoms with van der Waals surface area (Å²) in [6, 6.07) is 11.7. The molecule has 0 aliphatic carbocycles. The number of carbonyl (C=O) groups is 1. The maximum atomic E-state index is 11.4. The van der Waals surface area contributed by atoms with Gasteiger partial charge in [0.15, 0.2) is 0 Å². The fourth-order valence-corrected chi connectivity index (χ4v) is 2.49. The van der Waals surface area contributed by atoms with Crippen LogP contribution in [-0.4, -0.2) is 16.0 Å². The Bertz CT molecular complexity index is 707. The number of benzene rings is 2. The second-order valence-electron chi connectivity index (χ2n) is 5.50. The summed E-state index contributed by atoms with van der Waals surface area (Å²) in [4.78, 5) is 21.6. The number of carboxylic acids is 1. The number of nitro groups is 1. The summed E-state index contributed by atoms with van der Waals surface area (Å²) in [5.41, 5.74) is 3.02. The molecule has 2 rings (SSSR count). The van der Waals surface area contributed by atoms with Gasteiger partial charge < -0.3 is 5.11 Å². The number of aromatic carboxylic acids is 1. The van der Waals surface area contributed by atoms with Crippen molar-refractivity contribution in [1.82, 2.24) is 0 Å². The van der Waals surface area contributed by atoms with Crippen molar-refractivity contribution in [2.45, 2.75) is 32.6 Å². The highest BCUT2D eigenvalue weighted by molar-refractivity contribution is 5.89. The van der Waals surface area contributed by atoms with Crippen LogP contribution < -0.4 is 0 Å². The zero-order chi connectivity index (χ0) is 16.8. The number of hydrogen-bond donors (Lipinski definition) is 1. The summed E-state index contributed by atoms with van der Waals surface area (Å²) in [5.74, 6) is -0.955. The standard InChI is InChI=1S/C18H19NO4/c1-2-3-4-13-7-10-17(18(20)21)15(11-13)12-14-5-8-16(9-6-14)19(22)23/h5-11H,2-4,12H2,1H3,(H,20,21). The van der Waals surface area contributed by atoms with Gasteiger partial charge in [-0.05, 0) is 42.0 Å². The molecule has 2 aromatic carbocycles. The maximum Gasteiger partial charge on any atom is 0.335 e. The van der Waals surface area contributed by atoms with E-state index in [9.17, 15) is 20.0 Å². The topological polar surface area (TPSA) is 80.4 Å². The van der Waals surface area contributed by atoms with Crippen LogP contribution in [0.25, 0.3) is 0 Å². The normalized spacial score (nSPS) is 10.5. The van der Waals surface area contributed by atoms with Gasteiger partial charge in [-0.25, -0.2) is 4.79 Å². The summed E-state index contributed by atoms with van der Waals surface area (Å²) >= 11 is 0. The molecule has 2 aromatic rings. The Hall–Kier alpha value is -2.69. The number of aryl methyl sites for hydroxylation is 1. The molecule has 0 saturated heterocycles. The third-order valence-electron chi connectivity index (χ3n) is 3.76. The summed E-state index contributed by atoms with van der Waals surface area (Å²) in [6.45, 7) is 2.11. The lowest BCUT2D eigenvalue weighted by molar-refractivity contribution is -0.384. The van der Waals surface area contributed by atoms with Crippen molar-refractivity contribution < 1.29 is 14.8 Å². The molecule has 1 N–H and O–H groups in total. The van der Waals surface area contributed by atoms with E-state index in [1.807, 2.05) is 12.1 Å². The van der Waals surface area contributed by atoms with Crippen molar-refractivity contribution in [2.24, 2.45) is 0 Å². The van der Waals surface area contributed by atoms with Crippen molar-refractivity contribution >= 4 is 11.7 Å². The molecule has 0 amide bonds. The Balaban J connectivity index is 2.28. The van der Waals surface area contributed by atoms with Gasteiger partial charge in [-0.15, -0.1) is 0 Å². The second kappa shape index (κ2) is 7.54. The number of non-ortho nitro benzene ring substituents is 1. The van der Waals surface area contributed by atoms with Crippen LogP contribution in [0.2, 0.25) is 0 Å². The van der Waals surface area contributed by atoms with Gasteiger partial charge in [-0.2, -0.15) is 0 Å². The lowest BCUT2D eigenvalue weighted by atomic mass is 9.95. The van der Waals surface area contributed by atoms with Gasteiger partial charge in [0.2, 0.25) is 0 Å². The number of hydrogen-bond acceptors (Lipinski definition) is 3. The molecule has 0 unspecified atom stereocenters. The first-order valence-corrected chi connectivity index (χ1v) is 7.59. The summed E-state index contributed by atoms with van der Waals surface area (Å²) in [5, 5.41) is 20.0. The molecule has 0 aliphatic rings. The molecular weight excluding hydrogens is 294 g/mol. The predicted octanol–water partition coefficient (Wildman–Crippen LogP) is 4.23. The Morgan fingerprint density at radius 3 is 2.35 bits per heavy atom. The van der Waals surface area contributed by atoms with Gasteiger partial charge >= 0.3 is 5.97 Å². The molecule has 0 aromatic heterocycles. The lowest BCUT2D eigenvalue weighted by Crippen LogP contribution is -2.04. The molecule has 0 radical (unpaired) electrons. The van der Waals surface area contributed by atoms with E-state index in [-0.39, 0.29) is 11.3 Å². The van der Waals surface area contributed by atoms with E-state index in [0.717, 1.165) is 36.0 Å². The lowest BCUT2D eigenvalue weighted by Gasteiger charge is -2.09. The van der Waals surface area contributed by atoms with Crippen molar-refractivity contribution in [1.29, 1.82) is 0 Å². The fourth-order valence-electron chi connectivity index (χ4n) is 2.49. The average molecular weight is 313 g/mol. The Morgan fingerprint density at radius 1 is 1.13 bits per heavy atom. The Morgan fingerprint density at radius 2 is 1.78 bits per heavy atom. The molecule has 5 heteroatoms. The highest BCUT2D eigenvalue weighted by Gasteiger charge is 2.12. The third-order valence-corrected chi connectivity index (χ3v) is 3.76. The van der Waals surface area contributed by atoms with Gasteiger partial charge in [0.25, 0.3) is 5.69 Å². The van der Waals surface area contributed by atoms with E-state index in [1.54, 1.807) is 18.2 Å².